The number of hydrazone groups is 2. The van der Waals surface area contributed by atoms with Gasteiger partial charge >= 0.3 is 0 Å². The van der Waals surface area contributed by atoms with E-state index in [1.165, 1.54) is 12.1 Å². The number of phenolic OH excluding ortho intramolecular Hbond substituents is 6. The molecule has 0 aliphatic rings. The number of thioether (sulfide) groups is 1. The summed E-state index contributed by atoms with van der Waals surface area (Å²) in [6.45, 7) is 0. The van der Waals surface area contributed by atoms with Crippen molar-refractivity contribution in [2.45, 2.75) is 0 Å². The number of carbonyl (C=O) groups is 2. The van der Waals surface area contributed by atoms with E-state index in [1.807, 2.05) is 0 Å². The lowest BCUT2D eigenvalue weighted by molar-refractivity contribution is -0.118. The van der Waals surface area contributed by atoms with Gasteiger partial charge in [-0.2, -0.15) is 10.2 Å². The summed E-state index contributed by atoms with van der Waals surface area (Å²) in [7, 11) is 0. The predicted octanol–water partition coefficient (Wildman–Crippen LogP) is 0.254. The summed E-state index contributed by atoms with van der Waals surface area (Å²) in [5.74, 6) is -4.93. The quantitative estimate of drug-likeness (QED) is 0.157. The Labute approximate surface area is 179 Å². The number of carbonyl (C=O) groups excluding carboxylic acids is 2. The maximum Gasteiger partial charge on any atom is 0.250 e. The van der Waals surface area contributed by atoms with Crippen LogP contribution in [0.1, 0.15) is 11.1 Å². The fourth-order valence-electron chi connectivity index (χ4n) is 2.03. The Bertz CT molecular complexity index is 960. The minimum Gasteiger partial charge on any atom is -0.504 e. The predicted molar refractivity (Wildman–Crippen MR) is 112 cm³/mol. The van der Waals surface area contributed by atoms with Crippen LogP contribution < -0.4 is 10.9 Å². The van der Waals surface area contributed by atoms with Crippen molar-refractivity contribution >= 4 is 36.0 Å². The fraction of sp³-hybridized carbons (Fsp3) is 0.111. The van der Waals surface area contributed by atoms with E-state index in [-0.39, 0.29) is 22.6 Å². The number of phenols is 6. The van der Waals surface area contributed by atoms with Crippen LogP contribution in [0.2, 0.25) is 0 Å². The molecule has 0 heterocycles. The largest absolute Gasteiger partial charge is 0.504 e. The van der Waals surface area contributed by atoms with Crippen LogP contribution in [-0.4, -0.2) is 66.4 Å². The third-order valence-corrected chi connectivity index (χ3v) is 4.51. The molecule has 2 rings (SSSR count). The van der Waals surface area contributed by atoms with Crippen LogP contribution in [0.4, 0.5) is 0 Å². The van der Waals surface area contributed by atoms with E-state index >= 15 is 0 Å². The molecule has 0 bridgehead atoms. The smallest absolute Gasteiger partial charge is 0.250 e. The first-order chi connectivity index (χ1) is 14.7. The molecule has 31 heavy (non-hydrogen) atoms. The number of rotatable bonds is 8. The molecule has 0 aromatic heterocycles. The monoisotopic (exact) mass is 450 g/mol. The van der Waals surface area contributed by atoms with Gasteiger partial charge < -0.3 is 30.6 Å². The van der Waals surface area contributed by atoms with Gasteiger partial charge in [0.25, 0.3) is 0 Å². The van der Waals surface area contributed by atoms with Gasteiger partial charge in [0.2, 0.25) is 23.3 Å². The molecule has 0 spiro atoms. The van der Waals surface area contributed by atoms with Crippen LogP contribution in [0.5, 0.6) is 34.5 Å². The highest BCUT2D eigenvalue weighted by Crippen LogP contribution is 2.36. The standard InChI is InChI=1S/C18H18N4O8S/c23-11-3-1-9(15(27)17(11)29)5-19-21-13(25)7-31-8-14(26)22-20-6-10-2-4-12(24)18(30)16(10)28/h1-6,23-24,27-30H,7-8H2,(H,21,25)(H,22,26)/b19-5-,20-6-. The number of hydrogen-bond acceptors (Lipinski definition) is 11. The second-order valence-electron chi connectivity index (χ2n) is 5.82. The van der Waals surface area contributed by atoms with Crippen LogP contribution in [-0.2, 0) is 9.59 Å². The summed E-state index contributed by atoms with van der Waals surface area (Å²) < 4.78 is 0. The molecule has 2 aromatic rings. The van der Waals surface area contributed by atoms with Gasteiger partial charge in [-0.25, -0.2) is 10.9 Å². The Kier molecular flexibility index (Phi) is 7.91. The highest BCUT2D eigenvalue weighted by atomic mass is 32.2. The van der Waals surface area contributed by atoms with E-state index in [0.29, 0.717) is 0 Å². The lowest BCUT2D eigenvalue weighted by Gasteiger charge is -2.04. The Morgan fingerprint density at radius 2 is 1.10 bits per heavy atom. The normalized spacial score (nSPS) is 11.1. The van der Waals surface area contributed by atoms with Crippen molar-refractivity contribution in [1.82, 2.24) is 10.9 Å². The molecule has 164 valence electrons. The summed E-state index contributed by atoms with van der Waals surface area (Å²) in [6, 6.07) is 4.83. The van der Waals surface area contributed by atoms with Crippen molar-refractivity contribution in [3.63, 3.8) is 0 Å². The van der Waals surface area contributed by atoms with Gasteiger partial charge in [0.15, 0.2) is 23.0 Å². The second kappa shape index (κ2) is 10.6. The van der Waals surface area contributed by atoms with Crippen molar-refractivity contribution in [3.05, 3.63) is 35.4 Å². The molecular formula is C18H18N4O8S. The lowest BCUT2D eigenvalue weighted by Crippen LogP contribution is -2.23. The van der Waals surface area contributed by atoms with Crippen molar-refractivity contribution in [3.8, 4) is 34.5 Å². The highest BCUT2D eigenvalue weighted by molar-refractivity contribution is 8.00. The fourth-order valence-corrected chi connectivity index (χ4v) is 2.63. The molecule has 0 radical (unpaired) electrons. The summed E-state index contributed by atoms with van der Waals surface area (Å²) >= 11 is 0.960. The zero-order valence-corrected chi connectivity index (χ0v) is 16.5. The molecular weight excluding hydrogens is 432 g/mol. The summed E-state index contributed by atoms with van der Waals surface area (Å²) in [5, 5.41) is 63.7. The zero-order chi connectivity index (χ0) is 23.0. The SMILES string of the molecule is O=C(CSCC(=O)N/N=C\c1ccc(O)c(O)c1O)N/N=C\c1ccc(O)c(O)c1O. The molecule has 0 unspecified atom stereocenters. The molecule has 2 aromatic carbocycles. The van der Waals surface area contributed by atoms with E-state index in [9.17, 15) is 40.2 Å². The third-order valence-electron chi connectivity index (χ3n) is 3.57. The number of amides is 2. The van der Waals surface area contributed by atoms with Crippen LogP contribution in [0.15, 0.2) is 34.5 Å². The van der Waals surface area contributed by atoms with Crippen LogP contribution in [0.3, 0.4) is 0 Å². The van der Waals surface area contributed by atoms with E-state index in [2.05, 4.69) is 21.1 Å². The van der Waals surface area contributed by atoms with Gasteiger partial charge in [0.05, 0.1) is 23.9 Å². The molecule has 13 heteroatoms. The zero-order valence-electron chi connectivity index (χ0n) is 15.7. The van der Waals surface area contributed by atoms with Gasteiger partial charge in [-0.05, 0) is 24.3 Å². The van der Waals surface area contributed by atoms with Crippen molar-refractivity contribution < 1.29 is 40.2 Å². The van der Waals surface area contributed by atoms with E-state index in [1.54, 1.807) is 0 Å². The number of nitrogens with one attached hydrogen (secondary N) is 2. The first kappa shape index (κ1) is 23.2. The summed E-state index contributed by atoms with van der Waals surface area (Å²) in [5.41, 5.74) is 4.46. The molecule has 12 nitrogen and oxygen atoms in total. The Hall–Kier alpha value is -4.13. The van der Waals surface area contributed by atoms with Crippen molar-refractivity contribution in [2.24, 2.45) is 10.2 Å². The number of benzene rings is 2. The summed E-state index contributed by atoms with van der Waals surface area (Å²) in [4.78, 5) is 23.4. The Morgan fingerprint density at radius 3 is 1.48 bits per heavy atom. The Morgan fingerprint density at radius 1 is 0.710 bits per heavy atom. The van der Waals surface area contributed by atoms with E-state index in [0.717, 1.165) is 36.3 Å². The van der Waals surface area contributed by atoms with E-state index in [4.69, 9.17) is 0 Å². The van der Waals surface area contributed by atoms with Gasteiger partial charge in [-0.1, -0.05) is 0 Å². The minimum atomic E-state index is -0.711. The molecule has 2 amide bonds. The molecule has 0 saturated carbocycles. The molecule has 0 aliphatic carbocycles. The van der Waals surface area contributed by atoms with Gasteiger partial charge in [0, 0.05) is 11.1 Å². The maximum atomic E-state index is 11.7. The van der Waals surface area contributed by atoms with Gasteiger partial charge in [-0.3, -0.25) is 9.59 Å². The molecule has 0 fully saturated rings. The van der Waals surface area contributed by atoms with Crippen LogP contribution >= 0.6 is 11.8 Å². The van der Waals surface area contributed by atoms with Crippen LogP contribution in [0.25, 0.3) is 0 Å². The molecule has 0 aliphatic heterocycles. The molecule has 0 atom stereocenters. The molecule has 8 N–H and O–H groups in total. The van der Waals surface area contributed by atoms with E-state index < -0.39 is 46.3 Å². The Balaban J connectivity index is 1.73. The van der Waals surface area contributed by atoms with Gasteiger partial charge in [0.1, 0.15) is 0 Å². The first-order valence-electron chi connectivity index (χ1n) is 8.40. The van der Waals surface area contributed by atoms with Crippen molar-refractivity contribution in [2.75, 3.05) is 11.5 Å². The van der Waals surface area contributed by atoms with Crippen molar-refractivity contribution in [1.29, 1.82) is 0 Å². The second-order valence-corrected chi connectivity index (χ2v) is 6.81. The first-order valence-corrected chi connectivity index (χ1v) is 9.55. The average Bonchev–Trinajstić information content (AvgIpc) is 2.73. The maximum absolute atomic E-state index is 11.7. The third kappa shape index (κ3) is 6.43. The minimum absolute atomic E-state index is 0.0634. The number of aromatic hydroxyl groups is 6. The topological polar surface area (TPSA) is 204 Å². The van der Waals surface area contributed by atoms with Crippen LogP contribution in [0, 0.1) is 0 Å². The number of hydrogen-bond donors (Lipinski definition) is 8. The number of nitrogens with zero attached hydrogens (tertiary/aromatic N) is 2. The average molecular weight is 450 g/mol. The van der Waals surface area contributed by atoms with Gasteiger partial charge in [-0.15, -0.1) is 11.8 Å². The molecule has 0 saturated heterocycles. The lowest BCUT2D eigenvalue weighted by atomic mass is 10.2. The summed E-state index contributed by atoms with van der Waals surface area (Å²) in [6.07, 6.45) is 2.13. The highest BCUT2D eigenvalue weighted by Gasteiger charge is 2.11.